The topological polar surface area (TPSA) is 55.8 Å². The van der Waals surface area contributed by atoms with Crippen LogP contribution in [0.1, 0.15) is 27.2 Å². The molecule has 0 aliphatic rings. The molecule has 0 aliphatic heterocycles. The molecule has 0 spiro atoms. The lowest BCUT2D eigenvalue weighted by molar-refractivity contribution is -0.149. The van der Waals surface area contributed by atoms with E-state index in [4.69, 9.17) is 4.74 Å². The summed E-state index contributed by atoms with van der Waals surface area (Å²) in [6.45, 7) is 6.97. The SMILES string of the molecule is CCN(CCC(=O)OC)CC(=O)OC(C)C. The Labute approximate surface area is 96.7 Å². The van der Waals surface area contributed by atoms with E-state index in [-0.39, 0.29) is 24.6 Å². The first-order valence-corrected chi connectivity index (χ1v) is 5.48. The van der Waals surface area contributed by atoms with Gasteiger partial charge in [0.15, 0.2) is 0 Å². The maximum Gasteiger partial charge on any atom is 0.320 e. The van der Waals surface area contributed by atoms with Crippen molar-refractivity contribution in [3.63, 3.8) is 0 Å². The molecule has 0 aromatic rings. The first-order valence-electron chi connectivity index (χ1n) is 5.48. The summed E-state index contributed by atoms with van der Waals surface area (Å²) >= 11 is 0. The molecule has 0 fully saturated rings. The molecular weight excluding hydrogens is 210 g/mol. The number of nitrogens with zero attached hydrogens (tertiary/aromatic N) is 1. The minimum Gasteiger partial charge on any atom is -0.469 e. The first kappa shape index (κ1) is 14.9. The van der Waals surface area contributed by atoms with Gasteiger partial charge in [-0.25, -0.2) is 0 Å². The van der Waals surface area contributed by atoms with E-state index in [1.165, 1.54) is 7.11 Å². The minimum atomic E-state index is -0.268. The van der Waals surface area contributed by atoms with Crippen LogP contribution in [0.3, 0.4) is 0 Å². The summed E-state index contributed by atoms with van der Waals surface area (Å²) in [5.74, 6) is -0.530. The fourth-order valence-electron chi connectivity index (χ4n) is 1.18. The average molecular weight is 231 g/mol. The molecule has 0 bridgehead atoms. The van der Waals surface area contributed by atoms with Gasteiger partial charge in [0.05, 0.1) is 26.2 Å². The van der Waals surface area contributed by atoms with Gasteiger partial charge in [-0.15, -0.1) is 0 Å². The predicted molar refractivity (Wildman–Crippen MR) is 60.0 cm³/mol. The van der Waals surface area contributed by atoms with Gasteiger partial charge >= 0.3 is 11.9 Å². The maximum absolute atomic E-state index is 11.4. The Morgan fingerprint density at radius 1 is 1.25 bits per heavy atom. The molecule has 0 rings (SSSR count). The van der Waals surface area contributed by atoms with Gasteiger partial charge in [0.2, 0.25) is 0 Å². The lowest BCUT2D eigenvalue weighted by Crippen LogP contribution is -2.33. The van der Waals surface area contributed by atoms with Crippen LogP contribution >= 0.6 is 0 Å². The van der Waals surface area contributed by atoms with Crippen molar-refractivity contribution in [2.75, 3.05) is 26.7 Å². The summed E-state index contributed by atoms with van der Waals surface area (Å²) in [4.78, 5) is 24.1. The highest BCUT2D eigenvalue weighted by Crippen LogP contribution is 1.96. The number of ether oxygens (including phenoxy) is 2. The number of methoxy groups -OCH3 is 1. The fourth-order valence-corrected chi connectivity index (χ4v) is 1.18. The Balaban J connectivity index is 3.90. The third kappa shape index (κ3) is 7.23. The molecule has 5 nitrogen and oxygen atoms in total. The second-order valence-electron chi connectivity index (χ2n) is 3.73. The van der Waals surface area contributed by atoms with Crippen LogP contribution in [0, 0.1) is 0 Å². The number of carbonyl (C=O) groups is 2. The van der Waals surface area contributed by atoms with Crippen molar-refractivity contribution < 1.29 is 19.1 Å². The summed E-state index contributed by atoms with van der Waals surface area (Å²) in [6.07, 6.45) is 0.186. The fraction of sp³-hybridized carbons (Fsp3) is 0.818. The van der Waals surface area contributed by atoms with Gasteiger partial charge in [0.25, 0.3) is 0 Å². The largest absolute Gasteiger partial charge is 0.469 e. The molecule has 0 aromatic heterocycles. The Morgan fingerprint density at radius 3 is 2.31 bits per heavy atom. The van der Waals surface area contributed by atoms with Crippen LogP contribution in [0.5, 0.6) is 0 Å². The number of esters is 2. The van der Waals surface area contributed by atoms with E-state index in [2.05, 4.69) is 4.74 Å². The van der Waals surface area contributed by atoms with Crippen molar-refractivity contribution in [2.24, 2.45) is 0 Å². The van der Waals surface area contributed by atoms with Crippen LogP contribution in [0.2, 0.25) is 0 Å². The van der Waals surface area contributed by atoms with Gasteiger partial charge < -0.3 is 9.47 Å². The number of hydrogen-bond acceptors (Lipinski definition) is 5. The molecule has 5 heteroatoms. The maximum atomic E-state index is 11.4. The van der Waals surface area contributed by atoms with E-state index < -0.39 is 0 Å². The highest BCUT2D eigenvalue weighted by Gasteiger charge is 2.12. The Kier molecular flexibility index (Phi) is 7.54. The van der Waals surface area contributed by atoms with E-state index >= 15 is 0 Å². The van der Waals surface area contributed by atoms with Gasteiger partial charge in [-0.2, -0.15) is 0 Å². The van der Waals surface area contributed by atoms with Gasteiger partial charge in [0, 0.05) is 6.54 Å². The van der Waals surface area contributed by atoms with Crippen molar-refractivity contribution >= 4 is 11.9 Å². The van der Waals surface area contributed by atoms with Crippen LogP contribution in [0.15, 0.2) is 0 Å². The zero-order chi connectivity index (χ0) is 12.6. The Hall–Kier alpha value is -1.10. The smallest absolute Gasteiger partial charge is 0.320 e. The monoisotopic (exact) mass is 231 g/mol. The Bertz CT molecular complexity index is 228. The average Bonchev–Trinajstić information content (AvgIpc) is 2.22. The number of rotatable bonds is 7. The van der Waals surface area contributed by atoms with Crippen LogP contribution in [0.4, 0.5) is 0 Å². The van der Waals surface area contributed by atoms with Crippen LogP contribution in [-0.2, 0) is 19.1 Å². The van der Waals surface area contributed by atoms with Crippen molar-refractivity contribution in [1.29, 1.82) is 0 Å². The molecule has 0 atom stereocenters. The highest BCUT2D eigenvalue weighted by atomic mass is 16.5. The molecule has 0 heterocycles. The van der Waals surface area contributed by atoms with Gasteiger partial charge in [-0.3, -0.25) is 14.5 Å². The summed E-state index contributed by atoms with van der Waals surface area (Å²) < 4.78 is 9.55. The van der Waals surface area contributed by atoms with Crippen LogP contribution in [-0.4, -0.2) is 49.7 Å². The highest BCUT2D eigenvalue weighted by molar-refractivity contribution is 5.72. The lowest BCUT2D eigenvalue weighted by atomic mass is 10.3. The van der Waals surface area contributed by atoms with Crippen molar-refractivity contribution in [2.45, 2.75) is 33.3 Å². The van der Waals surface area contributed by atoms with Gasteiger partial charge in [0.1, 0.15) is 0 Å². The van der Waals surface area contributed by atoms with E-state index in [0.717, 1.165) is 0 Å². The summed E-state index contributed by atoms with van der Waals surface area (Å²) in [5.41, 5.74) is 0. The van der Waals surface area contributed by atoms with E-state index in [1.54, 1.807) is 0 Å². The second-order valence-corrected chi connectivity index (χ2v) is 3.73. The number of carbonyl (C=O) groups excluding carboxylic acids is 2. The molecule has 0 unspecified atom stereocenters. The standard InChI is InChI=1S/C11H21NO4/c1-5-12(7-6-10(13)15-4)8-11(14)16-9(2)3/h9H,5-8H2,1-4H3. The van der Waals surface area contributed by atoms with Crippen molar-refractivity contribution in [3.8, 4) is 0 Å². The first-order chi connectivity index (χ1) is 7.49. The zero-order valence-corrected chi connectivity index (χ0v) is 10.5. The summed E-state index contributed by atoms with van der Waals surface area (Å²) in [6, 6.07) is 0. The molecule has 0 N–H and O–H groups in total. The van der Waals surface area contributed by atoms with Crippen molar-refractivity contribution in [3.05, 3.63) is 0 Å². The predicted octanol–water partition coefficient (Wildman–Crippen LogP) is 0.823. The zero-order valence-electron chi connectivity index (χ0n) is 10.5. The van der Waals surface area contributed by atoms with Gasteiger partial charge in [-0.1, -0.05) is 6.92 Å². The van der Waals surface area contributed by atoms with Gasteiger partial charge in [-0.05, 0) is 20.4 Å². The second kappa shape index (κ2) is 8.10. The van der Waals surface area contributed by atoms with Crippen LogP contribution < -0.4 is 0 Å². The van der Waals surface area contributed by atoms with E-state index in [9.17, 15) is 9.59 Å². The number of likely N-dealkylation sites (N-methyl/N-ethyl adjacent to an activating group) is 1. The van der Waals surface area contributed by atoms with E-state index in [1.807, 2.05) is 25.7 Å². The van der Waals surface area contributed by atoms with E-state index in [0.29, 0.717) is 19.5 Å². The Morgan fingerprint density at radius 2 is 1.88 bits per heavy atom. The summed E-state index contributed by atoms with van der Waals surface area (Å²) in [5, 5.41) is 0. The molecule has 0 aromatic carbocycles. The molecule has 16 heavy (non-hydrogen) atoms. The van der Waals surface area contributed by atoms with Crippen LogP contribution in [0.25, 0.3) is 0 Å². The molecule has 0 saturated heterocycles. The molecule has 0 amide bonds. The number of hydrogen-bond donors (Lipinski definition) is 0. The summed E-state index contributed by atoms with van der Waals surface area (Å²) in [7, 11) is 1.35. The third-order valence-electron chi connectivity index (χ3n) is 2.03. The molecule has 0 saturated carbocycles. The quantitative estimate of drug-likeness (QED) is 0.607. The normalized spacial score (nSPS) is 10.6. The third-order valence-corrected chi connectivity index (χ3v) is 2.03. The lowest BCUT2D eigenvalue weighted by Gasteiger charge is -2.19. The molecule has 0 aliphatic carbocycles. The molecular formula is C11H21NO4. The van der Waals surface area contributed by atoms with Crippen molar-refractivity contribution in [1.82, 2.24) is 4.90 Å². The minimum absolute atomic E-state index is 0.105. The molecule has 94 valence electrons. The molecule has 0 radical (unpaired) electrons.